The van der Waals surface area contributed by atoms with Crippen LogP contribution < -0.4 is 0 Å². The van der Waals surface area contributed by atoms with Crippen molar-refractivity contribution in [3.8, 4) is 0 Å². The van der Waals surface area contributed by atoms with Gasteiger partial charge in [-0.3, -0.25) is 4.79 Å². The van der Waals surface area contributed by atoms with Crippen LogP contribution in [0.4, 0.5) is 0 Å². The summed E-state index contributed by atoms with van der Waals surface area (Å²) >= 11 is 0. The first-order valence-corrected chi connectivity index (χ1v) is 8.20. The molecule has 4 nitrogen and oxygen atoms in total. The zero-order valence-electron chi connectivity index (χ0n) is 14.2. The van der Waals surface area contributed by atoms with E-state index < -0.39 is 6.10 Å². The third-order valence-electron chi connectivity index (χ3n) is 6.81. The maximum atomic E-state index is 11.9. The molecular formula is C17H29NO3. The van der Waals surface area contributed by atoms with Gasteiger partial charge in [-0.15, -0.1) is 0 Å². The van der Waals surface area contributed by atoms with Crippen molar-refractivity contribution >= 4 is 5.91 Å². The number of hydrogen-bond acceptors (Lipinski definition) is 3. The molecule has 0 aromatic rings. The first-order valence-electron chi connectivity index (χ1n) is 8.20. The summed E-state index contributed by atoms with van der Waals surface area (Å²) in [6, 6.07) is 0. The molecule has 4 heteroatoms. The summed E-state index contributed by atoms with van der Waals surface area (Å²) in [7, 11) is 3.52. The van der Waals surface area contributed by atoms with Crippen molar-refractivity contribution < 1.29 is 14.3 Å². The Morgan fingerprint density at radius 1 is 1.33 bits per heavy atom. The van der Waals surface area contributed by atoms with E-state index in [1.165, 1.54) is 12.8 Å². The predicted octanol–water partition coefficient (Wildman–Crippen LogP) is 2.67. The molecule has 2 saturated carbocycles. The summed E-state index contributed by atoms with van der Waals surface area (Å²) in [6.45, 7) is 9.01. The average Bonchev–Trinajstić information content (AvgIpc) is 2.94. The zero-order valence-corrected chi connectivity index (χ0v) is 14.2. The minimum atomic E-state index is -0.428. The first kappa shape index (κ1) is 15.3. The molecule has 3 fully saturated rings. The van der Waals surface area contributed by atoms with Crippen LogP contribution >= 0.6 is 0 Å². The molecule has 0 aromatic heterocycles. The van der Waals surface area contributed by atoms with Crippen LogP contribution in [0, 0.1) is 22.7 Å². The molecular weight excluding hydrogens is 266 g/mol. The number of amides is 1. The fourth-order valence-corrected chi connectivity index (χ4v) is 5.22. The lowest BCUT2D eigenvalue weighted by Crippen LogP contribution is -2.39. The number of carbonyl (C=O) groups excluding carboxylic acids is 1. The Morgan fingerprint density at radius 2 is 2.00 bits per heavy atom. The Balaban J connectivity index is 1.68. The Bertz CT molecular complexity index is 447. The molecule has 3 rings (SSSR count). The summed E-state index contributed by atoms with van der Waals surface area (Å²) in [5, 5.41) is 0. The van der Waals surface area contributed by atoms with Gasteiger partial charge in [-0.05, 0) is 42.4 Å². The van der Waals surface area contributed by atoms with E-state index in [0.29, 0.717) is 17.4 Å². The molecule has 0 spiro atoms. The van der Waals surface area contributed by atoms with Gasteiger partial charge < -0.3 is 14.4 Å². The van der Waals surface area contributed by atoms with Gasteiger partial charge in [-0.2, -0.15) is 0 Å². The molecule has 0 unspecified atom stereocenters. The predicted molar refractivity (Wildman–Crippen MR) is 80.6 cm³/mol. The summed E-state index contributed by atoms with van der Waals surface area (Å²) in [4.78, 5) is 13.5. The Labute approximate surface area is 128 Å². The van der Waals surface area contributed by atoms with E-state index in [2.05, 4.69) is 20.8 Å². The van der Waals surface area contributed by atoms with E-state index in [1.54, 1.807) is 19.0 Å². The van der Waals surface area contributed by atoms with Crippen LogP contribution in [-0.4, -0.2) is 43.4 Å². The van der Waals surface area contributed by atoms with Crippen molar-refractivity contribution in [3.05, 3.63) is 0 Å². The van der Waals surface area contributed by atoms with Gasteiger partial charge in [-0.1, -0.05) is 20.8 Å². The quantitative estimate of drug-likeness (QED) is 0.803. The maximum absolute atomic E-state index is 11.9. The lowest BCUT2D eigenvalue weighted by atomic mass is 9.70. The third kappa shape index (κ3) is 1.98. The van der Waals surface area contributed by atoms with Crippen LogP contribution in [-0.2, 0) is 14.3 Å². The van der Waals surface area contributed by atoms with Crippen molar-refractivity contribution in [2.45, 2.75) is 65.5 Å². The third-order valence-corrected chi connectivity index (χ3v) is 6.81. The van der Waals surface area contributed by atoms with Gasteiger partial charge in [0.2, 0.25) is 0 Å². The molecule has 1 saturated heterocycles. The molecule has 2 bridgehead atoms. The van der Waals surface area contributed by atoms with Gasteiger partial charge in [0.15, 0.2) is 6.29 Å². The van der Waals surface area contributed by atoms with Gasteiger partial charge in [0.05, 0.1) is 6.10 Å². The highest BCUT2D eigenvalue weighted by atomic mass is 16.7. The van der Waals surface area contributed by atoms with E-state index in [9.17, 15) is 4.79 Å². The molecule has 6 atom stereocenters. The average molecular weight is 295 g/mol. The topological polar surface area (TPSA) is 38.8 Å². The number of rotatable bonds is 3. The molecule has 3 aliphatic rings. The monoisotopic (exact) mass is 295 g/mol. The van der Waals surface area contributed by atoms with Crippen molar-refractivity contribution in [2.75, 3.05) is 14.1 Å². The molecule has 1 aliphatic heterocycles. The second-order valence-electron chi connectivity index (χ2n) is 8.18. The van der Waals surface area contributed by atoms with E-state index in [-0.39, 0.29) is 17.6 Å². The largest absolute Gasteiger partial charge is 0.349 e. The number of carbonyl (C=O) groups is 1. The minimum absolute atomic E-state index is 0.00479. The molecule has 1 heterocycles. The van der Waals surface area contributed by atoms with Gasteiger partial charge in [0.1, 0.15) is 6.10 Å². The number of hydrogen-bond donors (Lipinski definition) is 0. The van der Waals surface area contributed by atoms with Crippen LogP contribution in [0.15, 0.2) is 0 Å². The fraction of sp³-hybridized carbons (Fsp3) is 0.941. The molecule has 0 N–H and O–H groups in total. The van der Waals surface area contributed by atoms with Crippen LogP contribution in [0.25, 0.3) is 0 Å². The molecule has 1 amide bonds. The molecule has 0 aromatic carbocycles. The van der Waals surface area contributed by atoms with E-state index in [0.717, 1.165) is 12.3 Å². The Kier molecular flexibility index (Phi) is 3.42. The number of ether oxygens (including phenoxy) is 2. The van der Waals surface area contributed by atoms with Crippen LogP contribution in [0.2, 0.25) is 0 Å². The minimum Gasteiger partial charge on any atom is -0.349 e. The van der Waals surface area contributed by atoms with Gasteiger partial charge in [-0.25, -0.2) is 0 Å². The van der Waals surface area contributed by atoms with Crippen LogP contribution in [0.5, 0.6) is 0 Å². The normalized spacial score (nSPS) is 44.7. The second kappa shape index (κ2) is 4.69. The fourth-order valence-electron chi connectivity index (χ4n) is 5.22. The Morgan fingerprint density at radius 3 is 2.57 bits per heavy atom. The number of likely N-dealkylation sites (N-methyl/N-ethyl adjacent to an activating group) is 1. The lowest BCUT2D eigenvalue weighted by Gasteiger charge is -2.38. The second-order valence-corrected chi connectivity index (χ2v) is 8.18. The molecule has 21 heavy (non-hydrogen) atoms. The lowest BCUT2D eigenvalue weighted by molar-refractivity contribution is -0.190. The van der Waals surface area contributed by atoms with E-state index in [4.69, 9.17) is 9.47 Å². The SMILES string of the molecule is C[C@@H](O[C@H]1C[C@@H]2[C@H]3CC[C@@](C)([C@@H]2O1)C3(C)C)C(=O)N(C)C. The van der Waals surface area contributed by atoms with Crippen molar-refractivity contribution in [3.63, 3.8) is 0 Å². The highest BCUT2D eigenvalue weighted by Gasteiger charge is 2.69. The standard InChI is InChI=1S/C17H29NO3/c1-10(15(19)18(5)6)20-13-9-11-12-7-8-17(4,14(11)21-13)16(12,2)3/h10-14H,7-9H2,1-6H3/t10-,11-,12-,13-,14-,17+/m1/s1. The number of fused-ring (bicyclic) bond motifs is 5. The molecule has 0 radical (unpaired) electrons. The number of nitrogens with zero attached hydrogens (tertiary/aromatic N) is 1. The molecule has 2 aliphatic carbocycles. The molecule has 120 valence electrons. The van der Waals surface area contributed by atoms with Crippen LogP contribution in [0.3, 0.4) is 0 Å². The van der Waals surface area contributed by atoms with Crippen molar-refractivity contribution in [1.29, 1.82) is 0 Å². The van der Waals surface area contributed by atoms with Gasteiger partial charge >= 0.3 is 0 Å². The highest BCUT2D eigenvalue weighted by molar-refractivity contribution is 5.79. The van der Waals surface area contributed by atoms with Crippen LogP contribution in [0.1, 0.15) is 47.0 Å². The zero-order chi connectivity index (χ0) is 15.6. The first-order chi connectivity index (χ1) is 9.68. The summed E-state index contributed by atoms with van der Waals surface area (Å²) in [5.41, 5.74) is 0.619. The summed E-state index contributed by atoms with van der Waals surface area (Å²) in [5.74, 6) is 1.34. The van der Waals surface area contributed by atoms with Gasteiger partial charge in [0, 0.05) is 20.5 Å². The van der Waals surface area contributed by atoms with E-state index in [1.807, 2.05) is 6.92 Å². The summed E-state index contributed by atoms with van der Waals surface area (Å²) < 4.78 is 12.2. The Hall–Kier alpha value is -0.610. The summed E-state index contributed by atoms with van der Waals surface area (Å²) in [6.07, 6.45) is 3.17. The van der Waals surface area contributed by atoms with Gasteiger partial charge in [0.25, 0.3) is 5.91 Å². The van der Waals surface area contributed by atoms with Crippen molar-refractivity contribution in [1.82, 2.24) is 4.90 Å². The maximum Gasteiger partial charge on any atom is 0.251 e. The smallest absolute Gasteiger partial charge is 0.251 e. The highest BCUT2D eigenvalue weighted by Crippen LogP contribution is 2.71. The van der Waals surface area contributed by atoms with E-state index >= 15 is 0 Å². The van der Waals surface area contributed by atoms with Crippen molar-refractivity contribution in [2.24, 2.45) is 22.7 Å².